The van der Waals surface area contributed by atoms with E-state index in [1.54, 1.807) is 6.92 Å². The average molecular weight is 280 g/mol. The monoisotopic (exact) mass is 280 g/mol. The Morgan fingerprint density at radius 1 is 1.21 bits per heavy atom. The van der Waals surface area contributed by atoms with Crippen LogP contribution in [-0.4, -0.2) is 24.1 Å². The maximum absolute atomic E-state index is 12.2. The van der Waals surface area contributed by atoms with E-state index < -0.39 is 11.9 Å². The molecule has 0 aliphatic heterocycles. The van der Waals surface area contributed by atoms with Gasteiger partial charge in [-0.3, -0.25) is 9.59 Å². The van der Waals surface area contributed by atoms with Crippen LogP contribution in [0.5, 0.6) is 0 Å². The summed E-state index contributed by atoms with van der Waals surface area (Å²) in [6.07, 6.45) is 0. The molecule has 0 saturated carbocycles. The molecular formula is C15H20O3S. The second-order valence-corrected chi connectivity index (χ2v) is 5.59. The van der Waals surface area contributed by atoms with Gasteiger partial charge in [-0.15, -0.1) is 11.8 Å². The minimum Gasteiger partial charge on any atom is -0.465 e. The molecule has 1 aromatic carbocycles. The first-order valence-electron chi connectivity index (χ1n) is 6.43. The van der Waals surface area contributed by atoms with E-state index >= 15 is 0 Å². The Hall–Kier alpha value is -1.29. The molecule has 0 amide bonds. The molecule has 0 aromatic heterocycles. The zero-order valence-corrected chi connectivity index (χ0v) is 12.4. The van der Waals surface area contributed by atoms with Crippen LogP contribution in [0.15, 0.2) is 35.2 Å². The summed E-state index contributed by atoms with van der Waals surface area (Å²) in [6.45, 7) is 5.79. The fourth-order valence-electron chi connectivity index (χ4n) is 1.77. The van der Waals surface area contributed by atoms with Crippen LogP contribution < -0.4 is 0 Å². The van der Waals surface area contributed by atoms with Gasteiger partial charge in [-0.2, -0.15) is 0 Å². The van der Waals surface area contributed by atoms with Crippen LogP contribution in [0.1, 0.15) is 20.8 Å². The summed E-state index contributed by atoms with van der Waals surface area (Å²) >= 11 is 1.45. The molecule has 1 unspecified atom stereocenters. The predicted octanol–water partition coefficient (Wildman–Crippen LogP) is 3.18. The van der Waals surface area contributed by atoms with Crippen molar-refractivity contribution in [1.82, 2.24) is 0 Å². The van der Waals surface area contributed by atoms with E-state index in [9.17, 15) is 9.59 Å². The highest BCUT2D eigenvalue weighted by Crippen LogP contribution is 2.21. The lowest BCUT2D eigenvalue weighted by atomic mass is 9.92. The van der Waals surface area contributed by atoms with Gasteiger partial charge in [-0.05, 0) is 25.0 Å². The molecule has 1 rings (SSSR count). The number of carbonyl (C=O) groups excluding carboxylic acids is 2. The number of hydrogen-bond acceptors (Lipinski definition) is 4. The molecule has 0 bridgehead atoms. The van der Waals surface area contributed by atoms with Gasteiger partial charge in [0.15, 0.2) is 5.78 Å². The van der Waals surface area contributed by atoms with Crippen LogP contribution in [0.3, 0.4) is 0 Å². The van der Waals surface area contributed by atoms with Gasteiger partial charge in [0.05, 0.1) is 12.4 Å². The summed E-state index contributed by atoms with van der Waals surface area (Å²) in [5.74, 6) is -0.872. The molecule has 4 heteroatoms. The Balaban J connectivity index is 2.60. The van der Waals surface area contributed by atoms with Gasteiger partial charge in [0.1, 0.15) is 5.92 Å². The Bertz CT molecular complexity index is 415. The van der Waals surface area contributed by atoms with Gasteiger partial charge < -0.3 is 4.74 Å². The quantitative estimate of drug-likeness (QED) is 0.437. The molecule has 1 atom stereocenters. The van der Waals surface area contributed by atoms with Crippen LogP contribution in [0, 0.1) is 11.8 Å². The lowest BCUT2D eigenvalue weighted by molar-refractivity contribution is -0.152. The standard InChI is InChI=1S/C15H20O3S/c1-4-18-15(17)14(11(2)3)13(16)10-19-12-8-6-5-7-9-12/h5-9,11,14H,4,10H2,1-3H3. The average Bonchev–Trinajstić information content (AvgIpc) is 2.37. The largest absolute Gasteiger partial charge is 0.465 e. The van der Waals surface area contributed by atoms with Crippen LogP contribution in [0.4, 0.5) is 0 Å². The summed E-state index contributed by atoms with van der Waals surface area (Å²) < 4.78 is 4.97. The van der Waals surface area contributed by atoms with Crippen molar-refractivity contribution < 1.29 is 14.3 Å². The van der Waals surface area contributed by atoms with Crippen molar-refractivity contribution in [2.24, 2.45) is 11.8 Å². The van der Waals surface area contributed by atoms with Gasteiger partial charge in [-0.1, -0.05) is 32.0 Å². The van der Waals surface area contributed by atoms with Crippen molar-refractivity contribution >= 4 is 23.5 Å². The molecule has 104 valence electrons. The maximum Gasteiger partial charge on any atom is 0.316 e. The highest BCUT2D eigenvalue weighted by molar-refractivity contribution is 8.00. The van der Waals surface area contributed by atoms with Crippen LogP contribution in [0.2, 0.25) is 0 Å². The number of rotatable bonds is 7. The van der Waals surface area contributed by atoms with E-state index in [2.05, 4.69) is 0 Å². The smallest absolute Gasteiger partial charge is 0.316 e. The van der Waals surface area contributed by atoms with E-state index in [1.165, 1.54) is 11.8 Å². The third-order valence-corrected chi connectivity index (χ3v) is 3.71. The predicted molar refractivity (Wildman–Crippen MR) is 77.1 cm³/mol. The van der Waals surface area contributed by atoms with Gasteiger partial charge in [0.25, 0.3) is 0 Å². The highest BCUT2D eigenvalue weighted by atomic mass is 32.2. The third kappa shape index (κ3) is 5.07. The van der Waals surface area contributed by atoms with Gasteiger partial charge in [0.2, 0.25) is 0 Å². The summed E-state index contributed by atoms with van der Waals surface area (Å²) in [6, 6.07) is 9.69. The number of benzene rings is 1. The van der Waals surface area contributed by atoms with Crippen molar-refractivity contribution in [2.45, 2.75) is 25.7 Å². The summed E-state index contributed by atoms with van der Waals surface area (Å²) in [4.78, 5) is 25.0. The second-order valence-electron chi connectivity index (χ2n) is 4.54. The Kier molecular flexibility index (Phi) is 6.64. The fourth-order valence-corrected chi connectivity index (χ4v) is 2.61. The minimum absolute atomic E-state index is 0.0390. The van der Waals surface area contributed by atoms with Crippen molar-refractivity contribution in [3.05, 3.63) is 30.3 Å². The molecule has 3 nitrogen and oxygen atoms in total. The maximum atomic E-state index is 12.2. The molecule has 0 aliphatic carbocycles. The number of ketones is 1. The Morgan fingerprint density at radius 3 is 2.37 bits per heavy atom. The van der Waals surface area contributed by atoms with Crippen molar-refractivity contribution in [3.8, 4) is 0 Å². The van der Waals surface area contributed by atoms with E-state index in [1.807, 2.05) is 44.2 Å². The molecule has 0 fully saturated rings. The lowest BCUT2D eigenvalue weighted by Crippen LogP contribution is -2.31. The van der Waals surface area contributed by atoms with Gasteiger partial charge in [-0.25, -0.2) is 0 Å². The van der Waals surface area contributed by atoms with Crippen LogP contribution in [0.25, 0.3) is 0 Å². The number of esters is 1. The Labute approximate surface area is 118 Å². The zero-order valence-electron chi connectivity index (χ0n) is 11.6. The number of hydrogen-bond donors (Lipinski definition) is 0. The zero-order chi connectivity index (χ0) is 14.3. The fraction of sp³-hybridized carbons (Fsp3) is 0.467. The summed E-state index contributed by atoms with van der Waals surface area (Å²) in [5, 5.41) is 0. The minimum atomic E-state index is -0.656. The SMILES string of the molecule is CCOC(=O)C(C(=O)CSc1ccccc1)C(C)C. The Morgan fingerprint density at radius 2 is 1.84 bits per heavy atom. The molecule has 0 aliphatic rings. The molecule has 0 heterocycles. The normalized spacial score (nSPS) is 12.2. The summed E-state index contributed by atoms with van der Waals surface area (Å²) in [7, 11) is 0. The van der Waals surface area contributed by atoms with Crippen molar-refractivity contribution in [2.75, 3.05) is 12.4 Å². The number of carbonyl (C=O) groups is 2. The van der Waals surface area contributed by atoms with E-state index in [0.29, 0.717) is 12.4 Å². The second kappa shape index (κ2) is 8.00. The van der Waals surface area contributed by atoms with Crippen molar-refractivity contribution in [1.29, 1.82) is 0 Å². The van der Waals surface area contributed by atoms with Crippen molar-refractivity contribution in [3.63, 3.8) is 0 Å². The van der Waals surface area contributed by atoms with E-state index in [4.69, 9.17) is 4.74 Å². The first kappa shape index (κ1) is 15.8. The topological polar surface area (TPSA) is 43.4 Å². The first-order valence-corrected chi connectivity index (χ1v) is 7.42. The van der Waals surface area contributed by atoms with Crippen LogP contribution in [-0.2, 0) is 14.3 Å². The molecule has 0 saturated heterocycles. The van der Waals surface area contributed by atoms with E-state index in [-0.39, 0.29) is 11.7 Å². The number of thioether (sulfide) groups is 1. The molecule has 1 aromatic rings. The van der Waals surface area contributed by atoms with Crippen LogP contribution >= 0.6 is 11.8 Å². The molecule has 0 radical (unpaired) electrons. The molecule has 0 spiro atoms. The molecule has 0 N–H and O–H groups in total. The highest BCUT2D eigenvalue weighted by Gasteiger charge is 2.30. The van der Waals surface area contributed by atoms with Gasteiger partial charge >= 0.3 is 5.97 Å². The van der Waals surface area contributed by atoms with E-state index in [0.717, 1.165) is 4.90 Å². The molecule has 19 heavy (non-hydrogen) atoms. The number of ether oxygens (including phenoxy) is 1. The summed E-state index contributed by atoms with van der Waals surface area (Å²) in [5.41, 5.74) is 0. The third-order valence-electron chi connectivity index (χ3n) is 2.68. The number of Topliss-reactive ketones (excluding diaryl/α,β-unsaturated/α-hetero) is 1. The van der Waals surface area contributed by atoms with Gasteiger partial charge in [0, 0.05) is 4.90 Å². The lowest BCUT2D eigenvalue weighted by Gasteiger charge is -2.17. The molecular weight excluding hydrogens is 260 g/mol. The first-order chi connectivity index (χ1) is 9.06.